The number of piperidine rings is 1. The van der Waals surface area contributed by atoms with Crippen LogP contribution in [0.15, 0.2) is 24.3 Å². The lowest BCUT2D eigenvalue weighted by molar-refractivity contribution is -0.150. The molecular formula is C15H16N2O3. The molecule has 0 aliphatic carbocycles. The van der Waals surface area contributed by atoms with Crippen molar-refractivity contribution in [2.24, 2.45) is 5.92 Å². The van der Waals surface area contributed by atoms with E-state index in [2.05, 4.69) is 0 Å². The number of hydrogen-bond acceptors (Lipinski definition) is 4. The van der Waals surface area contributed by atoms with E-state index in [1.54, 1.807) is 24.3 Å². The van der Waals surface area contributed by atoms with Gasteiger partial charge in [-0.25, -0.2) is 0 Å². The number of likely N-dealkylation sites (tertiary alicyclic amines) is 1. The molecule has 0 atom stereocenters. The minimum Gasteiger partial charge on any atom is -0.492 e. The van der Waals surface area contributed by atoms with Crippen molar-refractivity contribution in [3.05, 3.63) is 29.8 Å². The predicted octanol–water partition coefficient (Wildman–Crippen LogP) is 1.72. The molecule has 1 aromatic carbocycles. The highest BCUT2D eigenvalue weighted by atomic mass is 16.5. The summed E-state index contributed by atoms with van der Waals surface area (Å²) in [5.41, 5.74) is 0.515. The normalized spacial score (nSPS) is 16.1. The van der Waals surface area contributed by atoms with Gasteiger partial charge in [-0.3, -0.25) is 14.5 Å². The van der Waals surface area contributed by atoms with Gasteiger partial charge in [-0.1, -0.05) is 13.0 Å². The standard InChI is InChI=1S/C15H16N2O3/c1-11-7-14(18)17(15(19)8-11)5-6-20-13-4-2-3-12(9-13)10-16/h2-4,9,11H,5-8H2,1H3. The molecule has 2 amide bonds. The van der Waals surface area contributed by atoms with Crippen molar-refractivity contribution in [2.45, 2.75) is 19.8 Å². The second kappa shape index (κ2) is 6.20. The van der Waals surface area contributed by atoms with E-state index in [0.717, 1.165) is 0 Å². The summed E-state index contributed by atoms with van der Waals surface area (Å²) in [5, 5.41) is 8.78. The van der Waals surface area contributed by atoms with Crippen LogP contribution in [0.4, 0.5) is 0 Å². The van der Waals surface area contributed by atoms with Crippen molar-refractivity contribution in [1.29, 1.82) is 5.26 Å². The first-order valence-electron chi connectivity index (χ1n) is 6.56. The van der Waals surface area contributed by atoms with E-state index in [9.17, 15) is 9.59 Å². The molecule has 0 saturated carbocycles. The fraction of sp³-hybridized carbons (Fsp3) is 0.400. The number of carbonyl (C=O) groups is 2. The fourth-order valence-corrected chi connectivity index (χ4v) is 2.19. The summed E-state index contributed by atoms with van der Waals surface area (Å²) in [4.78, 5) is 24.8. The van der Waals surface area contributed by atoms with Gasteiger partial charge in [-0.05, 0) is 24.1 Å². The number of nitrogens with zero attached hydrogens (tertiary/aromatic N) is 2. The van der Waals surface area contributed by atoms with Gasteiger partial charge >= 0.3 is 0 Å². The van der Waals surface area contributed by atoms with Crippen molar-refractivity contribution in [3.8, 4) is 11.8 Å². The molecule has 1 heterocycles. The van der Waals surface area contributed by atoms with Crippen molar-refractivity contribution in [2.75, 3.05) is 13.2 Å². The summed E-state index contributed by atoms with van der Waals surface area (Å²) in [6.45, 7) is 2.39. The zero-order valence-electron chi connectivity index (χ0n) is 11.3. The number of hydrogen-bond donors (Lipinski definition) is 0. The van der Waals surface area contributed by atoms with Crippen LogP contribution in [0.25, 0.3) is 0 Å². The molecule has 0 aromatic heterocycles. The lowest BCUT2D eigenvalue weighted by atomic mass is 9.98. The molecule has 104 valence electrons. The van der Waals surface area contributed by atoms with Gasteiger partial charge in [0.2, 0.25) is 11.8 Å². The van der Waals surface area contributed by atoms with Gasteiger partial charge in [-0.2, -0.15) is 5.26 Å². The van der Waals surface area contributed by atoms with Gasteiger partial charge in [0.15, 0.2) is 0 Å². The Morgan fingerprint density at radius 3 is 2.70 bits per heavy atom. The molecule has 2 rings (SSSR count). The monoisotopic (exact) mass is 272 g/mol. The van der Waals surface area contributed by atoms with Crippen molar-refractivity contribution in [1.82, 2.24) is 4.90 Å². The average Bonchev–Trinajstić information content (AvgIpc) is 2.42. The molecule has 20 heavy (non-hydrogen) atoms. The zero-order chi connectivity index (χ0) is 14.5. The summed E-state index contributed by atoms with van der Waals surface area (Å²) in [6, 6.07) is 8.81. The number of nitriles is 1. The Morgan fingerprint density at radius 2 is 2.05 bits per heavy atom. The number of rotatable bonds is 4. The van der Waals surface area contributed by atoms with Crippen LogP contribution in [-0.4, -0.2) is 29.9 Å². The van der Waals surface area contributed by atoms with Crippen molar-refractivity contribution >= 4 is 11.8 Å². The van der Waals surface area contributed by atoms with Gasteiger partial charge in [0, 0.05) is 12.8 Å². The highest BCUT2D eigenvalue weighted by molar-refractivity contribution is 5.97. The summed E-state index contributed by atoms with van der Waals surface area (Å²) in [6.07, 6.45) is 0.825. The third-order valence-corrected chi connectivity index (χ3v) is 3.20. The summed E-state index contributed by atoms with van der Waals surface area (Å²) < 4.78 is 5.48. The molecule has 1 aromatic rings. The van der Waals surface area contributed by atoms with Crippen LogP contribution in [-0.2, 0) is 9.59 Å². The van der Waals surface area contributed by atoms with Gasteiger partial charge in [0.25, 0.3) is 0 Å². The van der Waals surface area contributed by atoms with E-state index < -0.39 is 0 Å². The minimum atomic E-state index is -0.136. The first-order chi connectivity index (χ1) is 9.60. The maximum Gasteiger partial charge on any atom is 0.229 e. The van der Waals surface area contributed by atoms with E-state index in [-0.39, 0.29) is 30.9 Å². The van der Waals surface area contributed by atoms with Gasteiger partial charge in [-0.15, -0.1) is 0 Å². The second-order valence-electron chi connectivity index (χ2n) is 4.94. The van der Waals surface area contributed by atoms with E-state index >= 15 is 0 Å². The van der Waals surface area contributed by atoms with E-state index in [1.807, 2.05) is 13.0 Å². The summed E-state index contributed by atoms with van der Waals surface area (Å²) in [7, 11) is 0. The van der Waals surface area contributed by atoms with Crippen molar-refractivity contribution < 1.29 is 14.3 Å². The molecule has 0 radical (unpaired) electrons. The third-order valence-electron chi connectivity index (χ3n) is 3.20. The van der Waals surface area contributed by atoms with Crippen LogP contribution < -0.4 is 4.74 Å². The van der Waals surface area contributed by atoms with Gasteiger partial charge in [0.05, 0.1) is 18.2 Å². The molecular weight excluding hydrogens is 256 g/mol. The van der Waals surface area contributed by atoms with Gasteiger partial charge < -0.3 is 4.74 Å². The summed E-state index contributed by atoms with van der Waals surface area (Å²) >= 11 is 0. The predicted molar refractivity (Wildman–Crippen MR) is 71.8 cm³/mol. The first kappa shape index (κ1) is 14.1. The SMILES string of the molecule is CC1CC(=O)N(CCOc2cccc(C#N)c2)C(=O)C1. The topological polar surface area (TPSA) is 70.4 Å². The molecule has 1 fully saturated rings. The Morgan fingerprint density at radius 1 is 1.35 bits per heavy atom. The average molecular weight is 272 g/mol. The van der Waals surface area contributed by atoms with E-state index in [4.69, 9.17) is 10.00 Å². The largest absolute Gasteiger partial charge is 0.492 e. The quantitative estimate of drug-likeness (QED) is 0.782. The van der Waals surface area contributed by atoms with Crippen LogP contribution >= 0.6 is 0 Å². The molecule has 0 bridgehead atoms. The number of carbonyl (C=O) groups excluding carboxylic acids is 2. The van der Waals surface area contributed by atoms with Crippen LogP contribution in [0.1, 0.15) is 25.3 Å². The van der Waals surface area contributed by atoms with Gasteiger partial charge in [0.1, 0.15) is 12.4 Å². The highest BCUT2D eigenvalue weighted by Gasteiger charge is 2.29. The number of imide groups is 1. The number of ether oxygens (including phenoxy) is 1. The van der Waals surface area contributed by atoms with Crippen LogP contribution in [0.2, 0.25) is 0 Å². The lowest BCUT2D eigenvalue weighted by Gasteiger charge is -2.28. The Labute approximate surface area is 117 Å². The van der Waals surface area contributed by atoms with E-state index in [1.165, 1.54) is 4.90 Å². The summed E-state index contributed by atoms with van der Waals surface area (Å²) in [5.74, 6) is 0.417. The van der Waals surface area contributed by atoms with Crippen LogP contribution in [0, 0.1) is 17.2 Å². The molecule has 1 aliphatic heterocycles. The molecule has 5 heteroatoms. The number of amides is 2. The maximum atomic E-state index is 11.8. The molecule has 0 N–H and O–H groups in total. The highest BCUT2D eigenvalue weighted by Crippen LogP contribution is 2.19. The molecule has 0 spiro atoms. The Bertz CT molecular complexity index is 544. The molecule has 1 aliphatic rings. The second-order valence-corrected chi connectivity index (χ2v) is 4.94. The van der Waals surface area contributed by atoms with Crippen LogP contribution in [0.3, 0.4) is 0 Å². The Kier molecular flexibility index (Phi) is 4.36. The number of benzene rings is 1. The molecule has 5 nitrogen and oxygen atoms in total. The van der Waals surface area contributed by atoms with Crippen LogP contribution in [0.5, 0.6) is 5.75 Å². The minimum absolute atomic E-state index is 0.125. The Balaban J connectivity index is 1.88. The molecule has 0 unspecified atom stereocenters. The first-order valence-corrected chi connectivity index (χ1v) is 6.56. The fourth-order valence-electron chi connectivity index (χ4n) is 2.19. The zero-order valence-corrected chi connectivity index (χ0v) is 11.3. The maximum absolute atomic E-state index is 11.8. The smallest absolute Gasteiger partial charge is 0.229 e. The molecule has 1 saturated heterocycles. The van der Waals surface area contributed by atoms with Crippen molar-refractivity contribution in [3.63, 3.8) is 0 Å². The Hall–Kier alpha value is -2.35. The lowest BCUT2D eigenvalue weighted by Crippen LogP contribution is -2.44. The third kappa shape index (κ3) is 3.35. The van der Waals surface area contributed by atoms with E-state index in [0.29, 0.717) is 24.2 Å².